The number of amides is 1. The molecule has 2 nitrogen and oxygen atoms in total. The zero-order chi connectivity index (χ0) is 8.48. The average Bonchev–Trinajstić information content (AvgIpc) is 1.81. The molecule has 1 amide bonds. The van der Waals surface area contributed by atoms with Crippen molar-refractivity contribution in [1.82, 2.24) is 5.32 Å². The first kappa shape index (κ1) is 8.57. The maximum Gasteiger partial charge on any atom is 0.226 e. The predicted molar refractivity (Wildman–Crippen MR) is 45.2 cm³/mol. The van der Waals surface area contributed by atoms with Crippen LogP contribution < -0.4 is 5.32 Å². The van der Waals surface area contributed by atoms with Crippen molar-refractivity contribution >= 4 is 5.91 Å². The van der Waals surface area contributed by atoms with E-state index in [-0.39, 0.29) is 17.4 Å². The van der Waals surface area contributed by atoms with Gasteiger partial charge in [-0.15, -0.1) is 0 Å². The summed E-state index contributed by atoms with van der Waals surface area (Å²) in [7, 11) is 0. The van der Waals surface area contributed by atoms with Gasteiger partial charge < -0.3 is 5.32 Å². The molecule has 0 aromatic carbocycles. The summed E-state index contributed by atoms with van der Waals surface area (Å²) < 4.78 is 0. The van der Waals surface area contributed by atoms with Crippen molar-refractivity contribution < 1.29 is 4.79 Å². The minimum Gasteiger partial charge on any atom is -0.353 e. The molecule has 64 valence electrons. The largest absolute Gasteiger partial charge is 0.353 e. The van der Waals surface area contributed by atoms with Crippen molar-refractivity contribution in [2.45, 2.75) is 46.1 Å². The number of hydrogen-bond donors (Lipinski definition) is 1. The van der Waals surface area contributed by atoms with Gasteiger partial charge in [-0.2, -0.15) is 0 Å². The van der Waals surface area contributed by atoms with Crippen LogP contribution in [0, 0.1) is 5.41 Å². The van der Waals surface area contributed by atoms with Crippen LogP contribution in [-0.4, -0.2) is 11.9 Å². The van der Waals surface area contributed by atoms with E-state index in [0.717, 1.165) is 12.8 Å². The van der Waals surface area contributed by atoms with E-state index < -0.39 is 0 Å². The Kier molecular flexibility index (Phi) is 2.21. The molecule has 0 heterocycles. The summed E-state index contributed by atoms with van der Waals surface area (Å²) in [6, 6.07) is 0.278. The highest BCUT2D eigenvalue weighted by atomic mass is 16.2. The van der Waals surface area contributed by atoms with E-state index in [1.54, 1.807) is 0 Å². The zero-order valence-corrected chi connectivity index (χ0v) is 7.61. The second-order valence-electron chi connectivity index (χ2n) is 4.04. The van der Waals surface area contributed by atoms with Crippen LogP contribution in [0.1, 0.15) is 40.0 Å². The molecule has 0 saturated heterocycles. The molecule has 0 spiro atoms. The van der Waals surface area contributed by atoms with Crippen LogP contribution in [0.3, 0.4) is 0 Å². The van der Waals surface area contributed by atoms with Gasteiger partial charge in [0.15, 0.2) is 0 Å². The van der Waals surface area contributed by atoms with Gasteiger partial charge in [0.25, 0.3) is 0 Å². The van der Waals surface area contributed by atoms with E-state index in [0.29, 0.717) is 0 Å². The highest BCUT2D eigenvalue weighted by Gasteiger charge is 2.39. The summed E-state index contributed by atoms with van der Waals surface area (Å²) in [5.74, 6) is 0.235. The maximum atomic E-state index is 11.4. The Balaban J connectivity index is 2.40. The zero-order valence-electron chi connectivity index (χ0n) is 7.61. The van der Waals surface area contributed by atoms with Gasteiger partial charge in [-0.1, -0.05) is 13.3 Å². The summed E-state index contributed by atoms with van der Waals surface area (Å²) in [6.07, 6.45) is 3.33. The van der Waals surface area contributed by atoms with Crippen LogP contribution >= 0.6 is 0 Å². The maximum absolute atomic E-state index is 11.4. The molecule has 0 aliphatic heterocycles. The van der Waals surface area contributed by atoms with Crippen molar-refractivity contribution in [3.8, 4) is 0 Å². The van der Waals surface area contributed by atoms with E-state index in [4.69, 9.17) is 0 Å². The number of carbonyl (C=O) groups excluding carboxylic acids is 1. The molecule has 0 aromatic rings. The molecule has 0 atom stereocenters. The third-order valence-corrected chi connectivity index (χ3v) is 2.43. The number of hydrogen-bond acceptors (Lipinski definition) is 1. The van der Waals surface area contributed by atoms with Gasteiger partial charge >= 0.3 is 0 Å². The third-order valence-electron chi connectivity index (χ3n) is 2.43. The number of carbonyl (C=O) groups is 1. The van der Waals surface area contributed by atoms with Crippen LogP contribution in [0.15, 0.2) is 0 Å². The summed E-state index contributed by atoms with van der Waals surface area (Å²) in [5, 5.41) is 2.95. The summed E-state index contributed by atoms with van der Waals surface area (Å²) >= 11 is 0. The first-order valence-electron chi connectivity index (χ1n) is 4.35. The first-order valence-corrected chi connectivity index (χ1v) is 4.35. The Morgan fingerprint density at radius 3 is 2.27 bits per heavy atom. The van der Waals surface area contributed by atoms with Gasteiger partial charge in [0.1, 0.15) is 0 Å². The highest BCUT2D eigenvalue weighted by molar-refractivity contribution is 5.83. The standard InChI is InChI=1S/C9H17NO/c1-7(2)10-8(11)9(3)5-4-6-9/h7H,4-6H2,1-3H3,(H,10,11). The molecule has 11 heavy (non-hydrogen) atoms. The van der Waals surface area contributed by atoms with Gasteiger partial charge in [-0.3, -0.25) is 4.79 Å². The molecule has 1 rings (SSSR count). The molecule has 2 heteroatoms. The average molecular weight is 155 g/mol. The van der Waals surface area contributed by atoms with Gasteiger partial charge in [0.2, 0.25) is 5.91 Å². The van der Waals surface area contributed by atoms with Crippen molar-refractivity contribution in [3.63, 3.8) is 0 Å². The lowest BCUT2D eigenvalue weighted by molar-refractivity contribution is -0.135. The lowest BCUT2D eigenvalue weighted by Gasteiger charge is -2.37. The van der Waals surface area contributed by atoms with Gasteiger partial charge in [0.05, 0.1) is 0 Å². The molecular formula is C9H17NO. The SMILES string of the molecule is CC(C)NC(=O)C1(C)CCC1. The molecule has 0 radical (unpaired) electrons. The third kappa shape index (κ3) is 1.73. The Morgan fingerprint density at radius 1 is 1.45 bits per heavy atom. The monoisotopic (exact) mass is 155 g/mol. The van der Waals surface area contributed by atoms with E-state index in [9.17, 15) is 4.79 Å². The molecular weight excluding hydrogens is 138 g/mol. The Morgan fingerprint density at radius 2 is 2.00 bits per heavy atom. The van der Waals surface area contributed by atoms with E-state index in [1.165, 1.54) is 6.42 Å². The van der Waals surface area contributed by atoms with E-state index in [2.05, 4.69) is 5.32 Å². The molecule has 1 aliphatic carbocycles. The predicted octanol–water partition coefficient (Wildman–Crippen LogP) is 1.70. The molecule has 0 bridgehead atoms. The molecule has 1 fully saturated rings. The summed E-state index contributed by atoms with van der Waals surface area (Å²) in [5.41, 5.74) is -0.0374. The summed E-state index contributed by atoms with van der Waals surface area (Å²) in [4.78, 5) is 11.4. The Labute approximate surface area is 68.4 Å². The minimum absolute atomic E-state index is 0.0374. The lowest BCUT2D eigenvalue weighted by atomic mass is 9.70. The smallest absolute Gasteiger partial charge is 0.226 e. The van der Waals surface area contributed by atoms with Crippen LogP contribution in [0.4, 0.5) is 0 Å². The Bertz CT molecular complexity index is 159. The highest BCUT2D eigenvalue weighted by Crippen LogP contribution is 2.40. The molecule has 1 aliphatic rings. The van der Waals surface area contributed by atoms with E-state index >= 15 is 0 Å². The first-order chi connectivity index (χ1) is 5.04. The second-order valence-corrected chi connectivity index (χ2v) is 4.04. The van der Waals surface area contributed by atoms with Crippen LogP contribution in [-0.2, 0) is 4.79 Å². The van der Waals surface area contributed by atoms with E-state index in [1.807, 2.05) is 20.8 Å². The van der Waals surface area contributed by atoms with Crippen LogP contribution in [0.5, 0.6) is 0 Å². The van der Waals surface area contributed by atoms with Crippen molar-refractivity contribution in [2.75, 3.05) is 0 Å². The van der Waals surface area contributed by atoms with Crippen LogP contribution in [0.25, 0.3) is 0 Å². The Hall–Kier alpha value is -0.530. The van der Waals surface area contributed by atoms with Crippen molar-refractivity contribution in [3.05, 3.63) is 0 Å². The van der Waals surface area contributed by atoms with Gasteiger partial charge in [0, 0.05) is 11.5 Å². The van der Waals surface area contributed by atoms with Gasteiger partial charge in [-0.05, 0) is 26.7 Å². The molecule has 1 saturated carbocycles. The number of rotatable bonds is 2. The fourth-order valence-corrected chi connectivity index (χ4v) is 1.37. The second kappa shape index (κ2) is 2.84. The van der Waals surface area contributed by atoms with Crippen molar-refractivity contribution in [2.24, 2.45) is 5.41 Å². The fraction of sp³-hybridized carbons (Fsp3) is 0.889. The molecule has 0 unspecified atom stereocenters. The quantitative estimate of drug-likeness (QED) is 0.646. The minimum atomic E-state index is -0.0374. The number of nitrogens with one attached hydrogen (secondary N) is 1. The van der Waals surface area contributed by atoms with Crippen molar-refractivity contribution in [1.29, 1.82) is 0 Å². The molecule has 0 aromatic heterocycles. The summed E-state index contributed by atoms with van der Waals surface area (Å²) in [6.45, 7) is 6.05. The molecule has 1 N–H and O–H groups in total. The lowest BCUT2D eigenvalue weighted by Crippen LogP contribution is -2.45. The normalized spacial score (nSPS) is 21.1. The van der Waals surface area contributed by atoms with Crippen LogP contribution in [0.2, 0.25) is 0 Å². The topological polar surface area (TPSA) is 29.1 Å². The fourth-order valence-electron chi connectivity index (χ4n) is 1.37. The van der Waals surface area contributed by atoms with Gasteiger partial charge in [-0.25, -0.2) is 0 Å².